The second-order valence-electron chi connectivity index (χ2n) is 9.33. The molecule has 0 atom stereocenters. The number of rotatable bonds is 12. The monoisotopic (exact) mass is 570 g/mol. The number of benzene rings is 4. The highest BCUT2D eigenvalue weighted by Gasteiger charge is 2.21. The van der Waals surface area contributed by atoms with Crippen molar-refractivity contribution in [3.05, 3.63) is 108 Å². The molecule has 4 aromatic carbocycles. The van der Waals surface area contributed by atoms with E-state index in [2.05, 4.69) is 52.3 Å². The van der Waals surface area contributed by atoms with Gasteiger partial charge in [-0.1, -0.05) is 74.3 Å². The molecule has 5 aromatic rings. The van der Waals surface area contributed by atoms with Crippen molar-refractivity contribution in [3.8, 4) is 28.2 Å². The maximum absolute atomic E-state index is 13.7. The third-order valence-electron chi connectivity index (χ3n) is 6.71. The molecule has 0 radical (unpaired) electrons. The molecular weight excluding hydrogens is 531 g/mol. The summed E-state index contributed by atoms with van der Waals surface area (Å²) in [6.07, 6.45) is 4.05. The molecule has 1 N–H and O–H groups in total. The number of nitrogens with one attached hydrogen (secondary N) is 1. The minimum atomic E-state index is -0.261. The summed E-state index contributed by atoms with van der Waals surface area (Å²) in [6, 6.07) is 31.3. The number of hydrogen-bond acceptors (Lipinski definition) is 5. The van der Waals surface area contributed by atoms with Gasteiger partial charge in [0.05, 0.1) is 12.3 Å². The minimum Gasteiger partial charge on any atom is -0.494 e. The highest BCUT2D eigenvalue weighted by molar-refractivity contribution is 8.00. The van der Waals surface area contributed by atoms with Gasteiger partial charge in [-0.05, 0) is 67.9 Å². The van der Waals surface area contributed by atoms with Crippen molar-refractivity contribution < 1.29 is 13.5 Å². The molecule has 0 bridgehead atoms. The summed E-state index contributed by atoms with van der Waals surface area (Å²) in [5, 5.41) is 4.34. The third kappa shape index (κ3) is 7.51. The van der Waals surface area contributed by atoms with Gasteiger partial charge in [0, 0.05) is 47.5 Å². The zero-order valence-corrected chi connectivity index (χ0v) is 25.1. The summed E-state index contributed by atoms with van der Waals surface area (Å²) in [4.78, 5) is 0. The van der Waals surface area contributed by atoms with E-state index in [1.54, 1.807) is 24.1 Å². The van der Waals surface area contributed by atoms with E-state index in [1.165, 1.54) is 12.1 Å². The topological polar surface area (TPSA) is 37.6 Å². The molecule has 0 fully saturated rings. The van der Waals surface area contributed by atoms with Crippen molar-refractivity contribution in [1.82, 2.24) is 5.32 Å². The van der Waals surface area contributed by atoms with E-state index in [-0.39, 0.29) is 5.82 Å². The number of fused-ring (bicyclic) bond motifs is 1. The molecule has 0 amide bonds. The van der Waals surface area contributed by atoms with Gasteiger partial charge < -0.3 is 18.8 Å². The van der Waals surface area contributed by atoms with Crippen LogP contribution in [0.4, 0.5) is 10.1 Å². The van der Waals surface area contributed by atoms with Gasteiger partial charge in [0.15, 0.2) is 0 Å². The van der Waals surface area contributed by atoms with Crippen LogP contribution >= 0.6 is 11.9 Å². The second-order valence-corrected chi connectivity index (χ2v) is 10.1. The first-order chi connectivity index (χ1) is 20.2. The lowest BCUT2D eigenvalue weighted by atomic mass is 9.98. The van der Waals surface area contributed by atoms with Crippen LogP contribution in [0, 0.1) is 5.82 Å². The zero-order valence-electron chi connectivity index (χ0n) is 24.3. The van der Waals surface area contributed by atoms with Crippen LogP contribution < -0.4 is 14.4 Å². The summed E-state index contributed by atoms with van der Waals surface area (Å²) in [5.74, 6) is 1.41. The van der Waals surface area contributed by atoms with Crippen LogP contribution in [0.1, 0.15) is 32.3 Å². The normalized spacial score (nSPS) is 10.8. The Morgan fingerprint density at radius 3 is 2.20 bits per heavy atom. The van der Waals surface area contributed by atoms with Gasteiger partial charge in [0.2, 0.25) is 0 Å². The highest BCUT2D eigenvalue weighted by atomic mass is 32.2. The fraction of sp³-hybridized carbons (Fsp3) is 0.257. The molecule has 0 unspecified atom stereocenters. The Morgan fingerprint density at radius 2 is 1.54 bits per heavy atom. The van der Waals surface area contributed by atoms with Crippen LogP contribution in [-0.2, 0) is 6.54 Å². The Balaban J connectivity index is 0.00000189. The van der Waals surface area contributed by atoms with Gasteiger partial charge in [-0.2, -0.15) is 0 Å². The zero-order chi connectivity index (χ0) is 29.0. The van der Waals surface area contributed by atoms with Crippen LogP contribution in [0.5, 0.6) is 5.75 Å². The molecule has 0 aliphatic heterocycles. The summed E-state index contributed by atoms with van der Waals surface area (Å²) < 4.78 is 28.4. The molecule has 0 aliphatic carbocycles. The van der Waals surface area contributed by atoms with Crippen molar-refractivity contribution in [2.45, 2.75) is 33.2 Å². The fourth-order valence-electron chi connectivity index (χ4n) is 4.80. The Kier molecular flexibility index (Phi) is 11.3. The Morgan fingerprint density at radius 1 is 0.854 bits per heavy atom. The van der Waals surface area contributed by atoms with Crippen LogP contribution in [0.15, 0.2) is 101 Å². The summed E-state index contributed by atoms with van der Waals surface area (Å²) in [5.41, 5.74) is 6.17. The Labute approximate surface area is 247 Å². The maximum Gasteiger partial charge on any atom is 0.139 e. The predicted octanol–water partition coefficient (Wildman–Crippen LogP) is 9.60. The van der Waals surface area contributed by atoms with Crippen molar-refractivity contribution in [3.63, 3.8) is 0 Å². The SMILES string of the molecule is CC.CNCc1c(-c2ccc(F)cc2)oc2cc(N(CCCCOc3ccccc3)SC)c(-c3ccccc3)cc12. The predicted molar refractivity (Wildman–Crippen MR) is 173 cm³/mol. The quantitative estimate of drug-likeness (QED) is 0.119. The van der Waals surface area contributed by atoms with Gasteiger partial charge >= 0.3 is 0 Å². The van der Waals surface area contributed by atoms with Gasteiger partial charge in [0.25, 0.3) is 0 Å². The number of halogens is 1. The van der Waals surface area contributed by atoms with Crippen LogP contribution in [0.2, 0.25) is 0 Å². The highest BCUT2D eigenvalue weighted by Crippen LogP contribution is 2.42. The number of unbranched alkanes of at least 4 members (excludes halogenated alkanes) is 1. The van der Waals surface area contributed by atoms with E-state index in [0.29, 0.717) is 13.2 Å². The molecule has 5 rings (SSSR count). The average molecular weight is 571 g/mol. The largest absolute Gasteiger partial charge is 0.494 e. The minimum absolute atomic E-state index is 0.261. The molecule has 0 spiro atoms. The first-order valence-electron chi connectivity index (χ1n) is 14.2. The van der Waals surface area contributed by atoms with Crippen molar-refractivity contribution in [2.75, 3.05) is 30.8 Å². The number of anilines is 1. The van der Waals surface area contributed by atoms with Gasteiger partial charge in [-0.15, -0.1) is 0 Å². The smallest absolute Gasteiger partial charge is 0.139 e. The summed E-state index contributed by atoms with van der Waals surface area (Å²) >= 11 is 1.71. The lowest BCUT2D eigenvalue weighted by molar-refractivity contribution is 0.308. The van der Waals surface area contributed by atoms with Crippen molar-refractivity contribution in [1.29, 1.82) is 0 Å². The van der Waals surface area contributed by atoms with E-state index in [0.717, 1.165) is 69.8 Å². The molecule has 41 heavy (non-hydrogen) atoms. The second kappa shape index (κ2) is 15.3. The van der Waals surface area contributed by atoms with Gasteiger partial charge in [-0.3, -0.25) is 0 Å². The first kappa shape index (κ1) is 30.2. The molecule has 1 aromatic heterocycles. The van der Waals surface area contributed by atoms with E-state index in [1.807, 2.05) is 57.3 Å². The summed E-state index contributed by atoms with van der Waals surface area (Å²) in [7, 11) is 1.93. The number of furan rings is 1. The summed E-state index contributed by atoms with van der Waals surface area (Å²) in [6.45, 7) is 6.20. The molecule has 6 heteroatoms. The molecular formula is C35H39FN2O2S. The number of hydrogen-bond donors (Lipinski definition) is 1. The molecule has 4 nitrogen and oxygen atoms in total. The van der Waals surface area contributed by atoms with Crippen molar-refractivity contribution >= 4 is 28.6 Å². The Hall–Kier alpha value is -3.74. The lowest BCUT2D eigenvalue weighted by Gasteiger charge is -2.25. The standard InChI is InChI=1S/C33H33FN2O2S.C2H6/c1-35-23-30-29-21-28(24-11-5-3-6-12-24)31(22-32(29)38-33(30)25-15-17-26(34)18-16-25)36(39-2)19-9-10-20-37-27-13-7-4-8-14-27;1-2/h3-8,11-18,21-22,35H,9-10,19-20,23H2,1-2H3;1-2H3. The maximum atomic E-state index is 13.7. The molecule has 0 aliphatic rings. The van der Waals surface area contributed by atoms with Gasteiger partial charge in [-0.25, -0.2) is 4.39 Å². The van der Waals surface area contributed by atoms with E-state index in [9.17, 15) is 4.39 Å². The van der Waals surface area contributed by atoms with Crippen LogP contribution in [-0.4, -0.2) is 26.5 Å². The first-order valence-corrected chi connectivity index (χ1v) is 15.4. The molecule has 0 saturated carbocycles. The van der Waals surface area contributed by atoms with E-state index in [4.69, 9.17) is 9.15 Å². The molecule has 1 heterocycles. The molecule has 214 valence electrons. The Bertz CT molecular complexity index is 1490. The lowest BCUT2D eigenvalue weighted by Crippen LogP contribution is -2.17. The number of nitrogens with zero attached hydrogens (tertiary/aromatic N) is 1. The van der Waals surface area contributed by atoms with Crippen LogP contribution in [0.3, 0.4) is 0 Å². The van der Waals surface area contributed by atoms with Crippen molar-refractivity contribution in [2.24, 2.45) is 0 Å². The molecule has 0 saturated heterocycles. The van der Waals surface area contributed by atoms with Gasteiger partial charge in [0.1, 0.15) is 22.9 Å². The number of ether oxygens (including phenoxy) is 1. The average Bonchev–Trinajstić information content (AvgIpc) is 3.38. The third-order valence-corrected chi connectivity index (χ3v) is 7.53. The van der Waals surface area contributed by atoms with E-state index >= 15 is 0 Å². The fourth-order valence-corrected chi connectivity index (χ4v) is 5.46. The number of para-hydroxylation sites is 1. The van der Waals surface area contributed by atoms with Crippen LogP contribution in [0.25, 0.3) is 33.4 Å². The van der Waals surface area contributed by atoms with E-state index < -0.39 is 0 Å².